The van der Waals surface area contributed by atoms with Gasteiger partial charge in [0.05, 0.1) is 11.1 Å². The number of aldehydes is 1. The fraction of sp³-hybridized carbons (Fsp3) is 0. The summed E-state index contributed by atoms with van der Waals surface area (Å²) in [5.74, 6) is -0.0399. The third-order valence-electron chi connectivity index (χ3n) is 3.14. The quantitative estimate of drug-likeness (QED) is 0.563. The van der Waals surface area contributed by atoms with Gasteiger partial charge in [-0.15, -0.1) is 0 Å². The van der Waals surface area contributed by atoms with Crippen molar-refractivity contribution in [3.63, 3.8) is 0 Å². The number of anilines is 2. The Hall–Kier alpha value is -2.59. The lowest BCUT2D eigenvalue weighted by atomic mass is 10.1. The van der Waals surface area contributed by atoms with Gasteiger partial charge in [0.25, 0.3) is 0 Å². The first-order valence-electron chi connectivity index (χ1n) is 6.27. The Morgan fingerprint density at radius 3 is 2.81 bits per heavy atom. The summed E-state index contributed by atoms with van der Waals surface area (Å²) in [7, 11) is 0. The van der Waals surface area contributed by atoms with Crippen LogP contribution in [0.3, 0.4) is 0 Å². The van der Waals surface area contributed by atoms with Gasteiger partial charge in [0.2, 0.25) is 0 Å². The highest BCUT2D eigenvalue weighted by Gasteiger charge is 2.05. The second-order valence-electron chi connectivity index (χ2n) is 4.54. The molecule has 0 amide bonds. The summed E-state index contributed by atoms with van der Waals surface area (Å²) in [4.78, 5) is 15.1. The Bertz CT molecular complexity index is 834. The highest BCUT2D eigenvalue weighted by Crippen LogP contribution is 2.28. The van der Waals surface area contributed by atoms with Gasteiger partial charge in [-0.2, -0.15) is 0 Å². The Balaban J connectivity index is 2.04. The van der Waals surface area contributed by atoms with E-state index in [9.17, 15) is 9.90 Å². The topological polar surface area (TPSA) is 62.2 Å². The lowest BCUT2D eigenvalue weighted by Gasteiger charge is -2.10. The fourth-order valence-corrected chi connectivity index (χ4v) is 2.28. The van der Waals surface area contributed by atoms with E-state index in [-0.39, 0.29) is 11.3 Å². The first-order chi connectivity index (χ1) is 10.2. The Kier molecular flexibility index (Phi) is 3.46. The molecule has 0 fully saturated rings. The summed E-state index contributed by atoms with van der Waals surface area (Å²) in [5.41, 5.74) is 2.57. The van der Waals surface area contributed by atoms with Crippen molar-refractivity contribution in [1.82, 2.24) is 4.98 Å². The van der Waals surface area contributed by atoms with Crippen LogP contribution in [0, 0.1) is 0 Å². The van der Waals surface area contributed by atoms with E-state index in [0.717, 1.165) is 16.6 Å². The monoisotopic (exact) mass is 298 g/mol. The van der Waals surface area contributed by atoms with Crippen molar-refractivity contribution in [1.29, 1.82) is 0 Å². The molecule has 4 nitrogen and oxygen atoms in total. The molecule has 3 aromatic rings. The zero-order valence-corrected chi connectivity index (χ0v) is 11.6. The maximum Gasteiger partial charge on any atom is 0.153 e. The van der Waals surface area contributed by atoms with Crippen LogP contribution in [0.15, 0.2) is 48.7 Å². The lowest BCUT2D eigenvalue weighted by Crippen LogP contribution is -1.94. The molecule has 0 spiro atoms. The Morgan fingerprint density at radius 2 is 2.00 bits per heavy atom. The number of rotatable bonds is 3. The van der Waals surface area contributed by atoms with E-state index >= 15 is 0 Å². The van der Waals surface area contributed by atoms with Crippen LogP contribution >= 0.6 is 11.6 Å². The smallest absolute Gasteiger partial charge is 0.153 e. The van der Waals surface area contributed by atoms with Crippen LogP contribution in [-0.2, 0) is 0 Å². The second-order valence-corrected chi connectivity index (χ2v) is 4.97. The highest BCUT2D eigenvalue weighted by atomic mass is 35.5. The molecular weight excluding hydrogens is 288 g/mol. The maximum atomic E-state index is 10.9. The van der Waals surface area contributed by atoms with Crippen LogP contribution in [0.1, 0.15) is 10.4 Å². The van der Waals surface area contributed by atoms with E-state index in [2.05, 4.69) is 10.3 Å². The third kappa shape index (κ3) is 2.66. The number of phenols is 1. The van der Waals surface area contributed by atoms with Gasteiger partial charge in [0.1, 0.15) is 5.75 Å². The van der Waals surface area contributed by atoms with Crippen LogP contribution in [0.4, 0.5) is 11.4 Å². The standard InChI is InChI=1S/C16H11ClN2O2/c17-11-1-3-13-14(5-6-18-15(13)8-11)19-12-2-4-16(21)10(7-12)9-20/h1-9,21H,(H,18,19). The molecule has 0 aliphatic rings. The molecule has 0 aliphatic heterocycles. The zero-order chi connectivity index (χ0) is 14.8. The molecule has 21 heavy (non-hydrogen) atoms. The Labute approximate surface area is 126 Å². The summed E-state index contributed by atoms with van der Waals surface area (Å²) in [5, 5.41) is 14.3. The van der Waals surface area contributed by atoms with E-state index < -0.39 is 0 Å². The van der Waals surface area contributed by atoms with Crippen molar-refractivity contribution < 1.29 is 9.90 Å². The minimum absolute atomic E-state index is 0.0399. The SMILES string of the molecule is O=Cc1cc(Nc2ccnc3cc(Cl)ccc23)ccc1O. The molecule has 3 rings (SSSR count). The molecule has 5 heteroatoms. The predicted molar refractivity (Wildman–Crippen MR) is 83.5 cm³/mol. The van der Waals surface area contributed by atoms with Crippen LogP contribution in [-0.4, -0.2) is 16.4 Å². The van der Waals surface area contributed by atoms with Gasteiger partial charge in [-0.05, 0) is 42.5 Å². The highest BCUT2D eigenvalue weighted by molar-refractivity contribution is 6.31. The minimum atomic E-state index is -0.0399. The number of phenolic OH excluding ortho intramolecular Hbond substituents is 1. The van der Waals surface area contributed by atoms with Crippen LogP contribution in [0.25, 0.3) is 10.9 Å². The molecule has 1 aromatic heterocycles. The van der Waals surface area contributed by atoms with Crippen molar-refractivity contribution in [3.05, 3.63) is 59.2 Å². The molecule has 0 unspecified atom stereocenters. The number of nitrogens with zero attached hydrogens (tertiary/aromatic N) is 1. The number of fused-ring (bicyclic) bond motifs is 1. The maximum absolute atomic E-state index is 10.9. The fourth-order valence-electron chi connectivity index (χ4n) is 2.11. The number of aromatic nitrogens is 1. The number of carbonyl (C=O) groups is 1. The van der Waals surface area contributed by atoms with Gasteiger partial charge in [-0.1, -0.05) is 11.6 Å². The summed E-state index contributed by atoms with van der Waals surface area (Å²) in [6, 6.07) is 12.1. The molecule has 0 aliphatic carbocycles. The number of hydrogen-bond donors (Lipinski definition) is 2. The van der Waals surface area contributed by atoms with Gasteiger partial charge < -0.3 is 10.4 Å². The normalized spacial score (nSPS) is 10.5. The van der Waals surface area contributed by atoms with Gasteiger partial charge in [-0.3, -0.25) is 9.78 Å². The first kappa shape index (κ1) is 13.4. The number of nitrogens with one attached hydrogen (secondary N) is 1. The van der Waals surface area contributed by atoms with Crippen molar-refractivity contribution in [3.8, 4) is 5.75 Å². The zero-order valence-electron chi connectivity index (χ0n) is 10.9. The molecule has 1 heterocycles. The average molecular weight is 299 g/mol. The van der Waals surface area contributed by atoms with E-state index in [4.69, 9.17) is 11.6 Å². The number of aromatic hydroxyl groups is 1. The second kappa shape index (κ2) is 5.42. The van der Waals surface area contributed by atoms with Gasteiger partial charge in [0, 0.05) is 28.0 Å². The summed E-state index contributed by atoms with van der Waals surface area (Å²) in [6.07, 6.45) is 2.30. The molecular formula is C16H11ClN2O2. The van der Waals surface area contributed by atoms with Crippen LogP contribution in [0.2, 0.25) is 5.02 Å². The number of hydrogen-bond acceptors (Lipinski definition) is 4. The van der Waals surface area contributed by atoms with Crippen molar-refractivity contribution in [2.45, 2.75) is 0 Å². The number of benzene rings is 2. The van der Waals surface area contributed by atoms with E-state index in [0.29, 0.717) is 17.0 Å². The molecule has 0 radical (unpaired) electrons. The van der Waals surface area contributed by atoms with Gasteiger partial charge in [-0.25, -0.2) is 0 Å². The summed E-state index contributed by atoms with van der Waals surface area (Å²) in [6.45, 7) is 0. The van der Waals surface area contributed by atoms with E-state index in [1.165, 1.54) is 6.07 Å². The number of carbonyl (C=O) groups excluding carboxylic acids is 1. The van der Waals surface area contributed by atoms with Crippen molar-refractivity contribution in [2.24, 2.45) is 0 Å². The van der Waals surface area contributed by atoms with E-state index in [1.807, 2.05) is 12.1 Å². The minimum Gasteiger partial charge on any atom is -0.507 e. The van der Waals surface area contributed by atoms with Crippen LogP contribution < -0.4 is 5.32 Å². The van der Waals surface area contributed by atoms with E-state index in [1.54, 1.807) is 30.5 Å². The Morgan fingerprint density at radius 1 is 1.14 bits per heavy atom. The molecule has 104 valence electrons. The van der Waals surface area contributed by atoms with Gasteiger partial charge >= 0.3 is 0 Å². The number of halogens is 1. The largest absolute Gasteiger partial charge is 0.507 e. The molecule has 0 atom stereocenters. The van der Waals surface area contributed by atoms with Crippen LogP contribution in [0.5, 0.6) is 5.75 Å². The third-order valence-corrected chi connectivity index (χ3v) is 3.37. The molecule has 2 N–H and O–H groups in total. The summed E-state index contributed by atoms with van der Waals surface area (Å²) >= 11 is 5.96. The molecule has 2 aromatic carbocycles. The molecule has 0 saturated carbocycles. The first-order valence-corrected chi connectivity index (χ1v) is 6.64. The number of pyridine rings is 1. The van der Waals surface area contributed by atoms with Gasteiger partial charge in [0.15, 0.2) is 6.29 Å². The van der Waals surface area contributed by atoms with Crippen molar-refractivity contribution in [2.75, 3.05) is 5.32 Å². The predicted octanol–water partition coefficient (Wildman–Crippen LogP) is 4.15. The average Bonchev–Trinajstić information content (AvgIpc) is 2.49. The van der Waals surface area contributed by atoms with Crippen molar-refractivity contribution >= 4 is 40.2 Å². The summed E-state index contributed by atoms with van der Waals surface area (Å²) < 4.78 is 0. The molecule has 0 bridgehead atoms. The molecule has 0 saturated heterocycles. The lowest BCUT2D eigenvalue weighted by molar-refractivity contribution is 0.112.